The maximum Gasteiger partial charge on any atom is 0.259 e. The molecule has 27 heavy (non-hydrogen) atoms. The Kier molecular flexibility index (Phi) is 5.07. The van der Waals surface area contributed by atoms with Gasteiger partial charge in [0.1, 0.15) is 17.2 Å². The van der Waals surface area contributed by atoms with Crippen LogP contribution < -0.4 is 0 Å². The lowest BCUT2D eigenvalue weighted by Gasteiger charge is -2.19. The van der Waals surface area contributed by atoms with Crippen LogP contribution >= 0.6 is 0 Å². The van der Waals surface area contributed by atoms with Crippen LogP contribution in [-0.4, -0.2) is 47.6 Å². The van der Waals surface area contributed by atoms with E-state index >= 15 is 0 Å². The molecule has 1 amide bonds. The Morgan fingerprint density at radius 1 is 1.30 bits per heavy atom. The third-order valence-corrected chi connectivity index (χ3v) is 6.70. The average molecular weight is 397 g/mol. The topological polar surface area (TPSA) is 72.3 Å². The average Bonchev–Trinajstić information content (AvgIpc) is 3.08. The van der Waals surface area contributed by atoms with Crippen molar-refractivity contribution in [3.63, 3.8) is 0 Å². The number of aromatic nitrogens is 2. The van der Waals surface area contributed by atoms with Gasteiger partial charge in [-0.1, -0.05) is 6.07 Å². The monoisotopic (exact) mass is 397 g/mol. The van der Waals surface area contributed by atoms with Crippen molar-refractivity contribution in [3.8, 4) is 0 Å². The van der Waals surface area contributed by atoms with Gasteiger partial charge in [-0.2, -0.15) is 5.10 Å². The Morgan fingerprint density at radius 3 is 2.48 bits per heavy atom. The van der Waals surface area contributed by atoms with Crippen LogP contribution in [0.4, 0.5) is 8.78 Å². The van der Waals surface area contributed by atoms with Gasteiger partial charge in [-0.25, -0.2) is 17.2 Å². The second-order valence-electron chi connectivity index (χ2n) is 6.91. The highest BCUT2D eigenvalue weighted by Gasteiger charge is 2.32. The Hall–Kier alpha value is -2.29. The van der Waals surface area contributed by atoms with Crippen molar-refractivity contribution >= 4 is 15.7 Å². The molecule has 1 fully saturated rings. The van der Waals surface area contributed by atoms with Crippen LogP contribution in [0.25, 0.3) is 0 Å². The molecule has 1 unspecified atom stereocenters. The quantitative estimate of drug-likeness (QED) is 0.794. The summed E-state index contributed by atoms with van der Waals surface area (Å²) in [6.07, 6.45) is 0.499. The Labute approximate surface area is 156 Å². The van der Waals surface area contributed by atoms with Gasteiger partial charge in [0.2, 0.25) is 0 Å². The fraction of sp³-hybridized carbons (Fsp3) is 0.444. The molecule has 0 radical (unpaired) electrons. The van der Waals surface area contributed by atoms with Crippen molar-refractivity contribution in [1.82, 2.24) is 14.7 Å². The van der Waals surface area contributed by atoms with Crippen LogP contribution in [0, 0.1) is 25.5 Å². The summed E-state index contributed by atoms with van der Waals surface area (Å²) in [5, 5.41) is 4.44. The zero-order valence-electron chi connectivity index (χ0n) is 15.4. The second-order valence-corrected chi connectivity index (χ2v) is 9.14. The van der Waals surface area contributed by atoms with Crippen LogP contribution in [0.3, 0.4) is 0 Å². The normalized spacial score (nSPS) is 18.6. The number of amides is 1. The largest absolute Gasteiger partial charge is 0.337 e. The summed E-state index contributed by atoms with van der Waals surface area (Å²) < 4.78 is 52.9. The molecule has 3 rings (SSSR count). The van der Waals surface area contributed by atoms with E-state index in [-0.39, 0.29) is 24.1 Å². The number of rotatable bonds is 4. The summed E-state index contributed by atoms with van der Waals surface area (Å²) >= 11 is 0. The molecule has 146 valence electrons. The SMILES string of the molecule is Cc1nn(C2CCS(=O)(=O)C2)c(C)c1CN(C)C(=O)c1c(F)cccc1F. The number of nitrogens with zero attached hydrogens (tertiary/aromatic N) is 3. The number of benzene rings is 1. The number of aryl methyl sites for hydroxylation is 1. The fourth-order valence-electron chi connectivity index (χ4n) is 3.45. The molecule has 2 aromatic rings. The standard InChI is InChI=1S/C18H21F2N3O3S/c1-11-14(12(2)23(21-11)13-7-8-27(25,26)10-13)9-22(3)18(24)17-15(19)5-4-6-16(17)20/h4-6,13H,7-10H2,1-3H3. The molecule has 0 N–H and O–H groups in total. The first-order chi connectivity index (χ1) is 12.6. The molecular weight excluding hydrogens is 376 g/mol. The maximum atomic E-state index is 13.9. The van der Waals surface area contributed by atoms with Crippen LogP contribution in [0.5, 0.6) is 0 Å². The first-order valence-corrected chi connectivity index (χ1v) is 10.4. The van der Waals surface area contributed by atoms with Gasteiger partial charge in [0.05, 0.1) is 23.2 Å². The molecule has 0 spiro atoms. The molecule has 0 saturated carbocycles. The number of halogens is 2. The van der Waals surface area contributed by atoms with Crippen LogP contribution in [0.1, 0.15) is 39.8 Å². The first-order valence-electron chi connectivity index (χ1n) is 8.55. The molecule has 0 aliphatic carbocycles. The fourth-order valence-corrected chi connectivity index (χ4v) is 5.14. The minimum atomic E-state index is -3.05. The van der Waals surface area contributed by atoms with Crippen LogP contribution in [-0.2, 0) is 16.4 Å². The van der Waals surface area contributed by atoms with E-state index < -0.39 is 32.9 Å². The van der Waals surface area contributed by atoms with Crippen LogP contribution in [0.15, 0.2) is 18.2 Å². The van der Waals surface area contributed by atoms with Gasteiger partial charge >= 0.3 is 0 Å². The lowest BCUT2D eigenvalue weighted by Crippen LogP contribution is -2.28. The van der Waals surface area contributed by atoms with Gasteiger partial charge < -0.3 is 4.90 Å². The summed E-state index contributed by atoms with van der Waals surface area (Å²) in [4.78, 5) is 13.7. The van der Waals surface area contributed by atoms with E-state index in [1.165, 1.54) is 18.0 Å². The van der Waals surface area contributed by atoms with E-state index in [9.17, 15) is 22.0 Å². The lowest BCUT2D eigenvalue weighted by molar-refractivity contribution is 0.0775. The Bertz CT molecular complexity index is 981. The third-order valence-electron chi connectivity index (χ3n) is 4.95. The molecule has 1 saturated heterocycles. The molecule has 6 nitrogen and oxygen atoms in total. The zero-order chi connectivity index (χ0) is 19.9. The van der Waals surface area contributed by atoms with Crippen molar-refractivity contribution in [3.05, 3.63) is 52.3 Å². The molecule has 1 aromatic heterocycles. The predicted octanol–water partition coefficient (Wildman–Crippen LogP) is 2.41. The van der Waals surface area contributed by atoms with Crippen molar-refractivity contribution in [2.45, 2.75) is 32.9 Å². The van der Waals surface area contributed by atoms with Crippen molar-refractivity contribution in [2.75, 3.05) is 18.6 Å². The zero-order valence-corrected chi connectivity index (χ0v) is 16.2. The first kappa shape index (κ1) is 19.5. The van der Waals surface area contributed by atoms with Gasteiger partial charge in [0, 0.05) is 24.8 Å². The Morgan fingerprint density at radius 2 is 1.93 bits per heavy atom. The highest BCUT2D eigenvalue weighted by molar-refractivity contribution is 7.91. The van der Waals surface area contributed by atoms with E-state index in [4.69, 9.17) is 0 Å². The van der Waals surface area contributed by atoms with Crippen LogP contribution in [0.2, 0.25) is 0 Å². The van der Waals surface area contributed by atoms with Crippen molar-refractivity contribution < 1.29 is 22.0 Å². The molecule has 1 atom stereocenters. The van der Waals surface area contributed by atoms with Crippen molar-refractivity contribution in [1.29, 1.82) is 0 Å². The summed E-state index contributed by atoms with van der Waals surface area (Å²) in [5.41, 5.74) is 1.56. The van der Waals surface area contributed by atoms with E-state index in [0.717, 1.165) is 23.4 Å². The number of carbonyl (C=O) groups excluding carboxylic acids is 1. The minimum absolute atomic E-state index is 0.0452. The number of sulfone groups is 1. The van der Waals surface area contributed by atoms with Gasteiger partial charge in [0.15, 0.2) is 9.84 Å². The summed E-state index contributed by atoms with van der Waals surface area (Å²) in [5.74, 6) is -2.40. The second kappa shape index (κ2) is 7.03. The number of hydrogen-bond acceptors (Lipinski definition) is 4. The summed E-state index contributed by atoms with van der Waals surface area (Å²) in [6, 6.07) is 3.06. The third kappa shape index (κ3) is 3.73. The lowest BCUT2D eigenvalue weighted by atomic mass is 10.1. The van der Waals surface area contributed by atoms with Gasteiger partial charge in [0.25, 0.3) is 5.91 Å². The number of hydrogen-bond donors (Lipinski definition) is 0. The molecule has 9 heteroatoms. The highest BCUT2D eigenvalue weighted by atomic mass is 32.2. The maximum absolute atomic E-state index is 13.9. The molecule has 1 aromatic carbocycles. The van der Waals surface area contributed by atoms with E-state index in [1.807, 2.05) is 6.92 Å². The minimum Gasteiger partial charge on any atom is -0.337 e. The van der Waals surface area contributed by atoms with Gasteiger partial charge in [-0.15, -0.1) is 0 Å². The van der Waals surface area contributed by atoms with E-state index in [2.05, 4.69) is 5.10 Å². The Balaban J connectivity index is 1.85. The van der Waals surface area contributed by atoms with Gasteiger partial charge in [-0.05, 0) is 32.4 Å². The molecule has 1 aliphatic heterocycles. The molecule has 2 heterocycles. The number of carbonyl (C=O) groups is 1. The predicted molar refractivity (Wildman–Crippen MR) is 96.2 cm³/mol. The molecule has 0 bridgehead atoms. The van der Waals surface area contributed by atoms with Crippen molar-refractivity contribution in [2.24, 2.45) is 0 Å². The smallest absolute Gasteiger partial charge is 0.259 e. The highest BCUT2D eigenvalue weighted by Crippen LogP contribution is 2.27. The summed E-state index contributed by atoms with van der Waals surface area (Å²) in [7, 11) is -1.59. The van der Waals surface area contributed by atoms with Gasteiger partial charge in [-0.3, -0.25) is 9.48 Å². The van der Waals surface area contributed by atoms with E-state index in [1.54, 1.807) is 11.6 Å². The molecular formula is C18H21F2N3O3S. The van der Waals surface area contributed by atoms with E-state index in [0.29, 0.717) is 12.1 Å². The summed E-state index contributed by atoms with van der Waals surface area (Å²) in [6.45, 7) is 3.69. The molecule has 1 aliphatic rings.